The fraction of sp³-hybridized carbons (Fsp3) is 0.130. The van der Waals surface area contributed by atoms with Gasteiger partial charge in [0.05, 0.1) is 5.69 Å². The van der Waals surface area contributed by atoms with Crippen LogP contribution in [0.5, 0.6) is 0 Å². The predicted octanol–water partition coefficient (Wildman–Crippen LogP) is 3.51. The largest absolute Gasteiger partial charge is 0.338 e. The summed E-state index contributed by atoms with van der Waals surface area (Å²) in [6.45, 7) is 2.37. The number of carbonyl (C=O) groups is 1. The van der Waals surface area contributed by atoms with Gasteiger partial charge in [0.2, 0.25) is 0 Å². The summed E-state index contributed by atoms with van der Waals surface area (Å²) in [4.78, 5) is 34.2. The number of fused-ring (bicyclic) bond motifs is 1. The third kappa shape index (κ3) is 4.05. The number of anilines is 1. The van der Waals surface area contributed by atoms with Crippen LogP contribution in [0.4, 0.5) is 10.5 Å². The zero-order chi connectivity index (χ0) is 20.9. The molecule has 2 heterocycles. The van der Waals surface area contributed by atoms with Crippen molar-refractivity contribution >= 4 is 22.9 Å². The molecule has 2 aromatic carbocycles. The molecule has 150 valence electrons. The molecule has 0 spiro atoms. The highest BCUT2D eigenvalue weighted by Gasteiger charge is 2.14. The molecule has 0 aliphatic heterocycles. The Labute approximate surface area is 173 Å². The van der Waals surface area contributed by atoms with Gasteiger partial charge in [-0.2, -0.15) is 0 Å². The molecule has 7 heteroatoms. The average Bonchev–Trinajstić information content (AvgIpc) is 2.75. The maximum absolute atomic E-state index is 13.4. The lowest BCUT2D eigenvalue weighted by Crippen LogP contribution is -2.28. The number of pyridine rings is 1. The van der Waals surface area contributed by atoms with Crippen LogP contribution < -0.4 is 16.2 Å². The standard InChI is InChI=1S/C23H21N5O2/c1-2-24-23(30)26-17-10-6-11-18(15-17)28-21-19(12-7-13-25-21)27-20(22(28)29)14-16-8-4-3-5-9-16/h3-13,15H,2,14H2,1H3,(H2,24,26,30). The maximum atomic E-state index is 13.4. The van der Waals surface area contributed by atoms with Crippen LogP contribution in [0, 0.1) is 0 Å². The van der Waals surface area contributed by atoms with Crippen molar-refractivity contribution in [1.29, 1.82) is 0 Å². The lowest BCUT2D eigenvalue weighted by atomic mass is 10.1. The topological polar surface area (TPSA) is 88.9 Å². The molecule has 0 aliphatic carbocycles. The Hall–Kier alpha value is -4.00. The van der Waals surface area contributed by atoms with Gasteiger partial charge < -0.3 is 10.6 Å². The highest BCUT2D eigenvalue weighted by molar-refractivity contribution is 5.89. The van der Waals surface area contributed by atoms with Crippen molar-refractivity contribution in [3.8, 4) is 5.69 Å². The van der Waals surface area contributed by atoms with Crippen LogP contribution in [-0.4, -0.2) is 27.1 Å². The van der Waals surface area contributed by atoms with Gasteiger partial charge in [-0.25, -0.2) is 14.8 Å². The summed E-state index contributed by atoms with van der Waals surface area (Å²) in [5.74, 6) is 0. The van der Waals surface area contributed by atoms with Crippen LogP contribution in [0.2, 0.25) is 0 Å². The van der Waals surface area contributed by atoms with Crippen molar-refractivity contribution in [2.45, 2.75) is 13.3 Å². The number of urea groups is 1. The van der Waals surface area contributed by atoms with Crippen LogP contribution in [0.1, 0.15) is 18.2 Å². The number of nitrogens with zero attached hydrogens (tertiary/aromatic N) is 3. The first kappa shape index (κ1) is 19.3. The van der Waals surface area contributed by atoms with Gasteiger partial charge in [-0.1, -0.05) is 36.4 Å². The van der Waals surface area contributed by atoms with Gasteiger partial charge in [-0.15, -0.1) is 0 Å². The Morgan fingerprint density at radius 1 is 1.03 bits per heavy atom. The Balaban J connectivity index is 1.83. The van der Waals surface area contributed by atoms with Crippen molar-refractivity contribution < 1.29 is 4.79 Å². The quantitative estimate of drug-likeness (QED) is 0.537. The first-order chi connectivity index (χ1) is 14.7. The summed E-state index contributed by atoms with van der Waals surface area (Å²) in [7, 11) is 0. The van der Waals surface area contributed by atoms with Gasteiger partial charge in [-0.3, -0.25) is 9.36 Å². The molecule has 2 amide bonds. The summed E-state index contributed by atoms with van der Waals surface area (Å²) >= 11 is 0. The second kappa shape index (κ2) is 8.57. The fourth-order valence-corrected chi connectivity index (χ4v) is 3.27. The molecule has 0 unspecified atom stereocenters. The van der Waals surface area contributed by atoms with E-state index in [1.807, 2.05) is 49.4 Å². The number of nitrogens with one attached hydrogen (secondary N) is 2. The molecule has 0 saturated heterocycles. The molecule has 4 aromatic rings. The summed E-state index contributed by atoms with van der Waals surface area (Å²) in [6.07, 6.45) is 2.05. The number of carbonyl (C=O) groups excluding carboxylic acids is 1. The van der Waals surface area contributed by atoms with Gasteiger partial charge in [-0.05, 0) is 42.8 Å². The molecule has 0 fully saturated rings. The SMILES string of the molecule is CCNC(=O)Nc1cccc(-n2c(=O)c(Cc3ccccc3)nc3cccnc32)c1. The van der Waals surface area contributed by atoms with E-state index in [1.165, 1.54) is 0 Å². The Bertz CT molecular complexity index is 1250. The van der Waals surface area contributed by atoms with E-state index in [0.29, 0.717) is 41.2 Å². The van der Waals surface area contributed by atoms with Crippen molar-refractivity contribution in [2.24, 2.45) is 0 Å². The minimum absolute atomic E-state index is 0.236. The second-order valence-corrected chi connectivity index (χ2v) is 6.74. The van der Waals surface area contributed by atoms with E-state index in [0.717, 1.165) is 5.56 Å². The number of rotatable bonds is 5. The summed E-state index contributed by atoms with van der Waals surface area (Å²) in [5, 5.41) is 5.46. The molecule has 7 nitrogen and oxygen atoms in total. The Kier molecular flexibility index (Phi) is 5.52. The molecular weight excluding hydrogens is 378 g/mol. The molecule has 0 radical (unpaired) electrons. The number of amides is 2. The molecule has 0 bridgehead atoms. The van der Waals surface area contributed by atoms with Crippen molar-refractivity contribution in [1.82, 2.24) is 19.9 Å². The molecular formula is C23H21N5O2. The molecule has 4 rings (SSSR count). The molecule has 2 N–H and O–H groups in total. The average molecular weight is 399 g/mol. The van der Waals surface area contributed by atoms with Crippen LogP contribution in [0.15, 0.2) is 77.7 Å². The Morgan fingerprint density at radius 3 is 2.67 bits per heavy atom. The van der Waals surface area contributed by atoms with E-state index >= 15 is 0 Å². The maximum Gasteiger partial charge on any atom is 0.319 e. The van der Waals surface area contributed by atoms with Crippen LogP contribution in [-0.2, 0) is 6.42 Å². The summed E-state index contributed by atoms with van der Waals surface area (Å²) in [6, 6.07) is 20.2. The molecule has 0 atom stereocenters. The monoisotopic (exact) mass is 399 g/mol. The molecule has 0 aliphatic rings. The van der Waals surface area contributed by atoms with Gasteiger partial charge >= 0.3 is 6.03 Å². The highest BCUT2D eigenvalue weighted by Crippen LogP contribution is 2.18. The van der Waals surface area contributed by atoms with Gasteiger partial charge in [0.1, 0.15) is 11.2 Å². The normalized spacial score (nSPS) is 10.7. The highest BCUT2D eigenvalue weighted by atomic mass is 16.2. The van der Waals surface area contributed by atoms with E-state index < -0.39 is 0 Å². The minimum Gasteiger partial charge on any atom is -0.338 e. The van der Waals surface area contributed by atoms with Crippen LogP contribution in [0.25, 0.3) is 16.9 Å². The van der Waals surface area contributed by atoms with Crippen molar-refractivity contribution in [2.75, 3.05) is 11.9 Å². The van der Waals surface area contributed by atoms with Gasteiger partial charge in [0.25, 0.3) is 5.56 Å². The zero-order valence-corrected chi connectivity index (χ0v) is 16.5. The molecule has 30 heavy (non-hydrogen) atoms. The van der Waals surface area contributed by atoms with E-state index in [9.17, 15) is 9.59 Å². The molecule has 2 aromatic heterocycles. The summed E-state index contributed by atoms with van der Waals surface area (Å²) in [5.41, 5.74) is 3.48. The second-order valence-electron chi connectivity index (χ2n) is 6.74. The van der Waals surface area contributed by atoms with E-state index in [2.05, 4.69) is 20.6 Å². The van der Waals surface area contributed by atoms with Crippen molar-refractivity contribution in [3.05, 3.63) is 94.5 Å². The summed E-state index contributed by atoms with van der Waals surface area (Å²) < 4.78 is 1.55. The first-order valence-corrected chi connectivity index (χ1v) is 9.71. The third-order valence-corrected chi connectivity index (χ3v) is 4.60. The van der Waals surface area contributed by atoms with Gasteiger partial charge in [0, 0.05) is 24.8 Å². The van der Waals surface area contributed by atoms with E-state index in [1.54, 1.807) is 35.0 Å². The fourth-order valence-electron chi connectivity index (χ4n) is 3.27. The van der Waals surface area contributed by atoms with E-state index in [-0.39, 0.29) is 11.6 Å². The lowest BCUT2D eigenvalue weighted by molar-refractivity contribution is 0.252. The number of hydrogen-bond acceptors (Lipinski definition) is 4. The smallest absolute Gasteiger partial charge is 0.319 e. The van der Waals surface area contributed by atoms with Crippen LogP contribution >= 0.6 is 0 Å². The van der Waals surface area contributed by atoms with Crippen LogP contribution in [0.3, 0.4) is 0 Å². The predicted molar refractivity (Wildman–Crippen MR) is 117 cm³/mol. The lowest BCUT2D eigenvalue weighted by Gasteiger charge is -2.13. The third-order valence-electron chi connectivity index (χ3n) is 4.60. The number of hydrogen-bond donors (Lipinski definition) is 2. The zero-order valence-electron chi connectivity index (χ0n) is 16.5. The van der Waals surface area contributed by atoms with Crippen molar-refractivity contribution in [3.63, 3.8) is 0 Å². The first-order valence-electron chi connectivity index (χ1n) is 9.71. The minimum atomic E-state index is -0.301. The number of benzene rings is 2. The number of aromatic nitrogens is 3. The Morgan fingerprint density at radius 2 is 1.87 bits per heavy atom. The molecule has 0 saturated carbocycles. The van der Waals surface area contributed by atoms with Gasteiger partial charge in [0.15, 0.2) is 5.65 Å². The van der Waals surface area contributed by atoms with E-state index in [4.69, 9.17) is 0 Å².